The summed E-state index contributed by atoms with van der Waals surface area (Å²) in [6, 6.07) is 14.1. The Kier molecular flexibility index (Phi) is 5.86. The molecule has 0 fully saturated rings. The van der Waals surface area contributed by atoms with Crippen molar-refractivity contribution in [1.29, 1.82) is 0 Å². The number of nitrogens with one attached hydrogen (secondary N) is 1. The highest BCUT2D eigenvalue weighted by Gasteiger charge is 2.06. The Labute approximate surface area is 158 Å². The molecule has 0 saturated heterocycles. The van der Waals surface area contributed by atoms with Crippen LogP contribution in [0.1, 0.15) is 11.3 Å². The zero-order chi connectivity index (χ0) is 18.5. The average Bonchev–Trinajstić information content (AvgIpc) is 2.61. The van der Waals surface area contributed by atoms with Crippen molar-refractivity contribution in [2.45, 2.75) is 0 Å². The molecular formula is C21H21ClFN3. The minimum atomic E-state index is -0.241. The molecule has 0 spiro atoms. The fourth-order valence-electron chi connectivity index (χ4n) is 2.62. The number of anilines is 1. The molecule has 1 aromatic heterocycles. The molecule has 3 rings (SSSR count). The first-order valence-corrected chi connectivity index (χ1v) is 8.81. The lowest BCUT2D eigenvalue weighted by atomic mass is 10.1. The first-order valence-electron chi connectivity index (χ1n) is 8.44. The van der Waals surface area contributed by atoms with E-state index in [0.717, 1.165) is 40.9 Å². The Bertz CT molecular complexity index is 920. The molecule has 26 heavy (non-hydrogen) atoms. The van der Waals surface area contributed by atoms with E-state index in [4.69, 9.17) is 11.6 Å². The van der Waals surface area contributed by atoms with Gasteiger partial charge in [-0.15, -0.1) is 0 Å². The van der Waals surface area contributed by atoms with Crippen LogP contribution in [0.5, 0.6) is 0 Å². The number of likely N-dealkylation sites (N-methyl/N-ethyl adjacent to an activating group) is 1. The number of hydrogen-bond acceptors (Lipinski definition) is 3. The summed E-state index contributed by atoms with van der Waals surface area (Å²) >= 11 is 6.16. The van der Waals surface area contributed by atoms with Crippen molar-refractivity contribution in [1.82, 2.24) is 9.88 Å². The Balaban J connectivity index is 1.92. The zero-order valence-electron chi connectivity index (χ0n) is 14.8. The number of nitrogens with zero attached hydrogens (tertiary/aromatic N) is 2. The van der Waals surface area contributed by atoms with Crippen LogP contribution >= 0.6 is 11.6 Å². The minimum Gasteiger partial charge on any atom is -0.383 e. The number of aromatic nitrogens is 1. The van der Waals surface area contributed by atoms with Gasteiger partial charge in [0.05, 0.1) is 11.2 Å². The van der Waals surface area contributed by atoms with E-state index in [0.29, 0.717) is 5.02 Å². The molecular weight excluding hydrogens is 349 g/mol. The highest BCUT2D eigenvalue weighted by atomic mass is 35.5. The molecule has 0 radical (unpaired) electrons. The van der Waals surface area contributed by atoms with Gasteiger partial charge < -0.3 is 10.2 Å². The molecule has 0 aliphatic rings. The van der Waals surface area contributed by atoms with Gasteiger partial charge in [-0.3, -0.25) is 0 Å². The van der Waals surface area contributed by atoms with Gasteiger partial charge in [-0.25, -0.2) is 9.37 Å². The Morgan fingerprint density at radius 2 is 1.85 bits per heavy atom. The summed E-state index contributed by atoms with van der Waals surface area (Å²) in [5.74, 6) is -0.241. The summed E-state index contributed by atoms with van der Waals surface area (Å²) in [5.41, 5.74) is 3.63. The van der Waals surface area contributed by atoms with Gasteiger partial charge in [-0.2, -0.15) is 0 Å². The zero-order valence-corrected chi connectivity index (χ0v) is 15.6. The molecule has 1 heterocycles. The second kappa shape index (κ2) is 8.30. The lowest BCUT2D eigenvalue weighted by Gasteiger charge is -2.14. The van der Waals surface area contributed by atoms with Crippen LogP contribution in [0.4, 0.5) is 10.1 Å². The summed E-state index contributed by atoms with van der Waals surface area (Å²) < 4.78 is 13.0. The first-order chi connectivity index (χ1) is 12.5. The Hall–Kier alpha value is -2.43. The summed E-state index contributed by atoms with van der Waals surface area (Å²) in [6.45, 7) is 1.74. The third-order valence-electron chi connectivity index (χ3n) is 3.98. The maximum atomic E-state index is 13.0. The molecule has 134 valence electrons. The van der Waals surface area contributed by atoms with Gasteiger partial charge in [-0.05, 0) is 62.1 Å². The van der Waals surface area contributed by atoms with E-state index >= 15 is 0 Å². The van der Waals surface area contributed by atoms with E-state index in [1.165, 1.54) is 12.1 Å². The smallest absolute Gasteiger partial charge is 0.123 e. The molecule has 0 bridgehead atoms. The number of rotatable bonds is 6. The largest absolute Gasteiger partial charge is 0.383 e. The molecule has 2 aromatic carbocycles. The number of pyridine rings is 1. The summed E-state index contributed by atoms with van der Waals surface area (Å²) in [7, 11) is 4.08. The molecule has 0 atom stereocenters. The third kappa shape index (κ3) is 4.81. The van der Waals surface area contributed by atoms with Crippen LogP contribution in [0.25, 0.3) is 23.1 Å². The maximum absolute atomic E-state index is 13.0. The van der Waals surface area contributed by atoms with Gasteiger partial charge in [0.1, 0.15) is 5.82 Å². The van der Waals surface area contributed by atoms with Crippen molar-refractivity contribution in [3.63, 3.8) is 0 Å². The van der Waals surface area contributed by atoms with Crippen molar-refractivity contribution in [3.05, 3.63) is 70.6 Å². The van der Waals surface area contributed by atoms with Gasteiger partial charge >= 0.3 is 0 Å². The second-order valence-corrected chi connectivity index (χ2v) is 6.81. The van der Waals surface area contributed by atoms with E-state index in [2.05, 4.69) is 15.2 Å². The number of benzene rings is 2. The number of halogens is 2. The van der Waals surface area contributed by atoms with Crippen molar-refractivity contribution in [3.8, 4) is 0 Å². The standard InChI is InChI=1S/C21H21ClFN3/c1-26(2)12-11-24-21-14-18(9-5-15-3-7-17(23)8-4-15)25-20-10-6-16(22)13-19(20)21/h3-10,13-14H,11-12H2,1-2H3,(H,24,25). The van der Waals surface area contributed by atoms with Gasteiger partial charge in [0.25, 0.3) is 0 Å². The molecule has 0 saturated carbocycles. The van der Waals surface area contributed by atoms with Gasteiger partial charge in [0.2, 0.25) is 0 Å². The van der Waals surface area contributed by atoms with Crippen LogP contribution in [-0.4, -0.2) is 37.1 Å². The average molecular weight is 370 g/mol. The highest BCUT2D eigenvalue weighted by molar-refractivity contribution is 6.31. The van der Waals surface area contributed by atoms with Crippen molar-refractivity contribution in [2.75, 3.05) is 32.5 Å². The van der Waals surface area contributed by atoms with E-state index < -0.39 is 0 Å². The number of fused-ring (bicyclic) bond motifs is 1. The maximum Gasteiger partial charge on any atom is 0.123 e. The van der Waals surface area contributed by atoms with Gasteiger partial charge in [-0.1, -0.05) is 29.8 Å². The predicted octanol–water partition coefficient (Wildman–Crippen LogP) is 5.17. The summed E-state index contributed by atoms with van der Waals surface area (Å²) in [5, 5.41) is 5.15. The van der Waals surface area contributed by atoms with Crippen LogP contribution in [0.15, 0.2) is 48.5 Å². The Morgan fingerprint density at radius 3 is 2.58 bits per heavy atom. The first kappa shape index (κ1) is 18.4. The highest BCUT2D eigenvalue weighted by Crippen LogP contribution is 2.27. The quantitative estimate of drug-likeness (QED) is 0.649. The molecule has 1 N–H and O–H groups in total. The van der Waals surface area contributed by atoms with Crippen LogP contribution < -0.4 is 5.32 Å². The van der Waals surface area contributed by atoms with Gasteiger partial charge in [0, 0.05) is 29.2 Å². The van der Waals surface area contributed by atoms with E-state index in [1.807, 2.05) is 50.5 Å². The van der Waals surface area contributed by atoms with Crippen molar-refractivity contribution in [2.24, 2.45) is 0 Å². The van der Waals surface area contributed by atoms with Crippen LogP contribution in [0.3, 0.4) is 0 Å². The lowest BCUT2D eigenvalue weighted by molar-refractivity contribution is 0.425. The molecule has 0 aliphatic carbocycles. The van der Waals surface area contributed by atoms with Crippen LogP contribution in [0.2, 0.25) is 5.02 Å². The topological polar surface area (TPSA) is 28.2 Å². The second-order valence-electron chi connectivity index (χ2n) is 6.37. The fraction of sp³-hybridized carbons (Fsp3) is 0.190. The number of hydrogen-bond donors (Lipinski definition) is 1. The molecule has 3 nitrogen and oxygen atoms in total. The molecule has 5 heteroatoms. The summed E-state index contributed by atoms with van der Waals surface area (Å²) in [6.07, 6.45) is 3.85. The van der Waals surface area contributed by atoms with Crippen molar-refractivity contribution >= 4 is 40.3 Å². The third-order valence-corrected chi connectivity index (χ3v) is 4.22. The Morgan fingerprint density at radius 1 is 1.08 bits per heavy atom. The molecule has 0 unspecified atom stereocenters. The fourth-order valence-corrected chi connectivity index (χ4v) is 2.79. The minimum absolute atomic E-state index is 0.241. The summed E-state index contributed by atoms with van der Waals surface area (Å²) in [4.78, 5) is 6.81. The molecule has 0 aliphatic heterocycles. The van der Waals surface area contributed by atoms with E-state index in [1.54, 1.807) is 12.1 Å². The normalized spacial score (nSPS) is 11.6. The van der Waals surface area contributed by atoms with Crippen LogP contribution in [0, 0.1) is 5.82 Å². The van der Waals surface area contributed by atoms with Crippen molar-refractivity contribution < 1.29 is 4.39 Å². The molecule has 0 amide bonds. The lowest BCUT2D eigenvalue weighted by Crippen LogP contribution is -2.20. The predicted molar refractivity (Wildman–Crippen MR) is 109 cm³/mol. The van der Waals surface area contributed by atoms with E-state index in [9.17, 15) is 4.39 Å². The monoisotopic (exact) mass is 369 g/mol. The SMILES string of the molecule is CN(C)CCNc1cc(C=Cc2ccc(F)cc2)nc2ccc(Cl)cc12. The van der Waals surface area contributed by atoms with Gasteiger partial charge in [0.15, 0.2) is 0 Å². The molecule has 3 aromatic rings. The van der Waals surface area contributed by atoms with E-state index in [-0.39, 0.29) is 5.82 Å². The van der Waals surface area contributed by atoms with Crippen LogP contribution in [-0.2, 0) is 0 Å².